The molecule has 2 aromatic carbocycles. The predicted molar refractivity (Wildman–Crippen MR) is 162 cm³/mol. The lowest BCUT2D eigenvalue weighted by molar-refractivity contribution is -0.142. The van der Waals surface area contributed by atoms with Crippen LogP contribution in [0.2, 0.25) is 5.02 Å². The summed E-state index contributed by atoms with van der Waals surface area (Å²) in [7, 11) is 0. The van der Waals surface area contributed by atoms with E-state index in [2.05, 4.69) is 33.4 Å². The number of piperidine rings is 1. The fourth-order valence-corrected chi connectivity index (χ4v) is 6.80. The molecule has 0 spiro atoms. The van der Waals surface area contributed by atoms with Gasteiger partial charge in [0.1, 0.15) is 0 Å². The van der Waals surface area contributed by atoms with Crippen molar-refractivity contribution in [1.29, 1.82) is 0 Å². The monoisotopic (exact) mass is 578 g/mol. The summed E-state index contributed by atoms with van der Waals surface area (Å²) < 4.78 is 0. The molecule has 5 aromatic rings. The molecule has 0 unspecified atom stereocenters. The number of nitrogens with one attached hydrogen (secondary N) is 1. The molecule has 212 valence electrons. The number of carbonyl (C=O) groups excluding carboxylic acids is 2. The minimum absolute atomic E-state index is 0.0145. The maximum Gasteiger partial charge on any atom is 0.227 e. The smallest absolute Gasteiger partial charge is 0.227 e. The van der Waals surface area contributed by atoms with Gasteiger partial charge in [0, 0.05) is 73.6 Å². The highest BCUT2D eigenvalue weighted by Gasteiger charge is 2.34. The van der Waals surface area contributed by atoms with E-state index in [-0.39, 0.29) is 18.2 Å². The average molecular weight is 579 g/mol. The zero-order valence-electron chi connectivity index (χ0n) is 23.2. The van der Waals surface area contributed by atoms with Crippen molar-refractivity contribution in [1.82, 2.24) is 30.0 Å². The lowest BCUT2D eigenvalue weighted by Crippen LogP contribution is -2.41. The molecule has 5 heterocycles. The molecule has 0 bridgehead atoms. The van der Waals surface area contributed by atoms with Crippen LogP contribution in [-0.4, -0.2) is 54.9 Å². The molecule has 2 amide bonds. The van der Waals surface area contributed by atoms with Gasteiger partial charge in [-0.15, -0.1) is 0 Å². The number of amides is 2. The highest BCUT2D eigenvalue weighted by molar-refractivity contribution is 6.35. The summed E-state index contributed by atoms with van der Waals surface area (Å²) in [4.78, 5) is 40.3. The van der Waals surface area contributed by atoms with Gasteiger partial charge >= 0.3 is 0 Å². The molecule has 42 heavy (non-hydrogen) atoms. The fraction of sp³-hybridized carbons (Fsp3) is 0.303. The molecule has 7 rings (SSSR count). The lowest BCUT2D eigenvalue weighted by Gasteiger charge is -2.33. The number of hydrogen-bond donors (Lipinski definition) is 1. The maximum atomic E-state index is 14.0. The number of carbonyl (C=O) groups is 2. The summed E-state index contributed by atoms with van der Waals surface area (Å²) in [6.07, 6.45) is 9.54. The van der Waals surface area contributed by atoms with Crippen LogP contribution in [0.3, 0.4) is 0 Å². The van der Waals surface area contributed by atoms with Crippen LogP contribution in [0.25, 0.3) is 21.7 Å². The standard InChI is InChI=1S/C33H31ClN6O2/c34-29-14-25-13-26(33(42)40(19-21-5-9-35-10-6-21)20-28(25)27-18-37-38-32(27)29)16-31(41)39-11-7-22(8-12-39)30-15-23-3-1-2-4-24(23)17-36-30/h1-6,9-10,14-15,17-18,22,26H,7-8,11-13,16,19-20H2,(H,37,38)/t26-/m0/s1. The second-order valence-corrected chi connectivity index (χ2v) is 11.8. The summed E-state index contributed by atoms with van der Waals surface area (Å²) in [5, 5.41) is 11.0. The second-order valence-electron chi connectivity index (χ2n) is 11.4. The largest absolute Gasteiger partial charge is 0.343 e. The Kier molecular flexibility index (Phi) is 7.07. The van der Waals surface area contributed by atoms with Crippen LogP contribution >= 0.6 is 11.6 Å². The van der Waals surface area contributed by atoms with Gasteiger partial charge in [0.15, 0.2) is 0 Å². The first-order valence-electron chi connectivity index (χ1n) is 14.5. The Balaban J connectivity index is 1.10. The first kappa shape index (κ1) is 26.6. The number of rotatable bonds is 5. The third-order valence-corrected chi connectivity index (χ3v) is 9.13. The minimum Gasteiger partial charge on any atom is -0.343 e. The van der Waals surface area contributed by atoms with E-state index >= 15 is 0 Å². The van der Waals surface area contributed by atoms with Gasteiger partial charge in [-0.05, 0) is 65.6 Å². The number of fused-ring (bicyclic) bond motifs is 4. The number of aromatic nitrogens is 4. The van der Waals surface area contributed by atoms with Crippen molar-refractivity contribution in [2.24, 2.45) is 5.92 Å². The molecule has 0 saturated carbocycles. The number of pyridine rings is 2. The first-order valence-corrected chi connectivity index (χ1v) is 14.8. The van der Waals surface area contributed by atoms with Crippen LogP contribution in [0, 0.1) is 5.92 Å². The first-order chi connectivity index (χ1) is 20.5. The molecule has 1 fully saturated rings. The van der Waals surface area contributed by atoms with Gasteiger partial charge in [0.25, 0.3) is 0 Å². The zero-order valence-corrected chi connectivity index (χ0v) is 23.9. The van der Waals surface area contributed by atoms with Crippen molar-refractivity contribution in [3.05, 3.63) is 101 Å². The van der Waals surface area contributed by atoms with Crippen molar-refractivity contribution < 1.29 is 9.59 Å². The third-order valence-electron chi connectivity index (χ3n) is 8.83. The van der Waals surface area contributed by atoms with Gasteiger partial charge < -0.3 is 9.80 Å². The van der Waals surface area contributed by atoms with Crippen molar-refractivity contribution in [2.45, 2.75) is 44.7 Å². The van der Waals surface area contributed by atoms with E-state index < -0.39 is 5.92 Å². The summed E-state index contributed by atoms with van der Waals surface area (Å²) in [6, 6.07) is 16.2. The Hall–Kier alpha value is -4.30. The van der Waals surface area contributed by atoms with Gasteiger partial charge in [0.05, 0.1) is 22.7 Å². The van der Waals surface area contributed by atoms with E-state index in [1.54, 1.807) is 18.6 Å². The molecule has 1 saturated heterocycles. The van der Waals surface area contributed by atoms with E-state index in [9.17, 15) is 9.59 Å². The fourth-order valence-electron chi connectivity index (χ4n) is 6.52. The SMILES string of the molecule is O=C(C[C@@H]1Cc2cc(Cl)c3[nH]ncc3c2CN(Cc2ccncc2)C1=O)N1CCC(c2cc3ccccc3cn2)CC1. The van der Waals surface area contributed by atoms with Crippen LogP contribution < -0.4 is 0 Å². The average Bonchev–Trinajstić information content (AvgIpc) is 3.49. The Morgan fingerprint density at radius 1 is 1.02 bits per heavy atom. The summed E-state index contributed by atoms with van der Waals surface area (Å²) >= 11 is 6.61. The third kappa shape index (κ3) is 5.11. The Morgan fingerprint density at radius 3 is 2.62 bits per heavy atom. The highest BCUT2D eigenvalue weighted by Crippen LogP contribution is 2.35. The molecule has 9 heteroatoms. The minimum atomic E-state index is -0.471. The summed E-state index contributed by atoms with van der Waals surface area (Å²) in [6.45, 7) is 2.20. The van der Waals surface area contributed by atoms with Gasteiger partial charge in [0.2, 0.25) is 11.8 Å². The molecule has 2 aliphatic rings. The Morgan fingerprint density at radius 2 is 1.81 bits per heavy atom. The van der Waals surface area contributed by atoms with Gasteiger partial charge in [-0.3, -0.25) is 24.7 Å². The van der Waals surface area contributed by atoms with Gasteiger partial charge in [-0.25, -0.2) is 0 Å². The van der Waals surface area contributed by atoms with Crippen molar-refractivity contribution in [2.75, 3.05) is 13.1 Å². The van der Waals surface area contributed by atoms with Gasteiger partial charge in [-0.1, -0.05) is 35.9 Å². The maximum absolute atomic E-state index is 14.0. The molecule has 1 N–H and O–H groups in total. The van der Waals surface area contributed by atoms with Crippen LogP contribution in [0.4, 0.5) is 0 Å². The van der Waals surface area contributed by atoms with Crippen molar-refractivity contribution in [3.8, 4) is 0 Å². The van der Waals surface area contributed by atoms with Gasteiger partial charge in [-0.2, -0.15) is 5.10 Å². The number of benzene rings is 2. The molecular weight excluding hydrogens is 548 g/mol. The number of hydrogen-bond acceptors (Lipinski definition) is 5. The van der Waals surface area contributed by atoms with Crippen LogP contribution in [0.15, 0.2) is 73.3 Å². The molecule has 0 aliphatic carbocycles. The zero-order chi connectivity index (χ0) is 28.6. The van der Waals surface area contributed by atoms with Crippen LogP contribution in [-0.2, 0) is 29.1 Å². The summed E-state index contributed by atoms with van der Waals surface area (Å²) in [5.74, 6) is -0.137. The normalized spacial score (nSPS) is 17.9. The summed E-state index contributed by atoms with van der Waals surface area (Å²) in [5.41, 5.74) is 4.88. The molecular formula is C33H31ClN6O2. The number of H-pyrrole nitrogens is 1. The Bertz CT molecular complexity index is 1780. The van der Waals surface area contributed by atoms with E-state index in [1.165, 1.54) is 5.39 Å². The molecule has 0 radical (unpaired) electrons. The molecule has 1 atom stereocenters. The highest BCUT2D eigenvalue weighted by atomic mass is 35.5. The van der Waals surface area contributed by atoms with E-state index in [4.69, 9.17) is 16.6 Å². The van der Waals surface area contributed by atoms with E-state index in [0.29, 0.717) is 43.5 Å². The Labute approximate surface area is 248 Å². The number of aromatic amines is 1. The number of halogens is 1. The van der Waals surface area contributed by atoms with Crippen LogP contribution in [0.5, 0.6) is 0 Å². The molecule has 2 aliphatic heterocycles. The second kappa shape index (κ2) is 11.2. The van der Waals surface area contributed by atoms with Crippen LogP contribution in [0.1, 0.15) is 47.6 Å². The van der Waals surface area contributed by atoms with E-state index in [1.807, 2.05) is 46.3 Å². The van der Waals surface area contributed by atoms with Crippen molar-refractivity contribution >= 4 is 45.1 Å². The number of likely N-dealkylation sites (tertiary alicyclic amines) is 1. The quantitative estimate of drug-likeness (QED) is 0.290. The van der Waals surface area contributed by atoms with E-state index in [0.717, 1.165) is 51.5 Å². The predicted octanol–water partition coefficient (Wildman–Crippen LogP) is 5.66. The number of nitrogens with zero attached hydrogens (tertiary/aromatic N) is 5. The lowest BCUT2D eigenvalue weighted by atomic mass is 9.90. The molecule has 8 nitrogen and oxygen atoms in total. The topological polar surface area (TPSA) is 95.1 Å². The van der Waals surface area contributed by atoms with Crippen molar-refractivity contribution in [3.63, 3.8) is 0 Å². The molecule has 3 aromatic heterocycles.